The lowest BCUT2D eigenvalue weighted by Gasteiger charge is -2.13. The van der Waals surface area contributed by atoms with Crippen LogP contribution in [0.5, 0.6) is 0 Å². The number of hydrogen-bond donors (Lipinski definition) is 0. The zero-order valence-corrected chi connectivity index (χ0v) is 8.34. The first-order valence-electron chi connectivity index (χ1n) is 3.59. The number of rotatable bonds is 2. The summed E-state index contributed by atoms with van der Waals surface area (Å²) in [6.07, 6.45) is 0.375. The van der Waals surface area contributed by atoms with Gasteiger partial charge in [-0.1, -0.05) is 22.6 Å². The fourth-order valence-electron chi connectivity index (χ4n) is 1.25. The van der Waals surface area contributed by atoms with Crippen molar-refractivity contribution in [1.29, 1.82) is 5.26 Å². The van der Waals surface area contributed by atoms with E-state index in [0.717, 1.165) is 17.5 Å². The molecule has 1 fully saturated rings. The maximum Gasteiger partial charge on any atom is 0.209 e. The third-order valence-corrected chi connectivity index (χ3v) is 2.38. The molecule has 1 heterocycles. The summed E-state index contributed by atoms with van der Waals surface area (Å²) in [6, 6.07) is 1.72. The topological polar surface area (TPSA) is 27.0 Å². The summed E-state index contributed by atoms with van der Waals surface area (Å²) < 4.78 is 14.2. The molecule has 0 aromatic heterocycles. The van der Waals surface area contributed by atoms with Gasteiger partial charge in [-0.25, -0.2) is 4.39 Å². The average molecular weight is 268 g/mol. The normalized spacial score (nSPS) is 32.1. The first-order valence-corrected chi connectivity index (χ1v) is 5.11. The van der Waals surface area contributed by atoms with Crippen molar-refractivity contribution in [3.05, 3.63) is 0 Å². The van der Waals surface area contributed by atoms with E-state index in [0.29, 0.717) is 13.0 Å². The molecule has 0 aromatic rings. The quantitative estimate of drug-likeness (QED) is 0.558. The fourth-order valence-corrected chi connectivity index (χ4v) is 1.93. The minimum atomic E-state index is -1.56. The molecule has 0 aromatic carbocycles. The Bertz CT molecular complexity index is 180. The van der Waals surface area contributed by atoms with Gasteiger partial charge in [0.1, 0.15) is 6.07 Å². The van der Waals surface area contributed by atoms with Crippen LogP contribution < -0.4 is 0 Å². The van der Waals surface area contributed by atoms with Gasteiger partial charge in [0.2, 0.25) is 5.67 Å². The molecular weight excluding hydrogens is 258 g/mol. The second kappa shape index (κ2) is 3.68. The van der Waals surface area contributed by atoms with E-state index in [4.69, 9.17) is 5.26 Å². The van der Waals surface area contributed by atoms with E-state index in [-0.39, 0.29) is 0 Å². The van der Waals surface area contributed by atoms with Crippen molar-refractivity contribution in [2.45, 2.75) is 12.1 Å². The molecule has 62 valence electrons. The Morgan fingerprint density at radius 3 is 2.91 bits per heavy atom. The first-order chi connectivity index (χ1) is 5.20. The molecule has 0 radical (unpaired) electrons. The molecule has 0 bridgehead atoms. The standard InChI is InChI=1S/C7H10FIN2/c8-7(5-10)1-3-11(6-7)4-2-9/h1-4,6H2. The smallest absolute Gasteiger partial charge is 0.209 e. The third kappa shape index (κ3) is 2.27. The number of likely N-dealkylation sites (tertiary alicyclic amines) is 1. The van der Waals surface area contributed by atoms with Crippen molar-refractivity contribution in [2.75, 3.05) is 24.1 Å². The van der Waals surface area contributed by atoms with Gasteiger partial charge in [0.25, 0.3) is 0 Å². The Kier molecular flexibility index (Phi) is 3.07. The summed E-state index contributed by atoms with van der Waals surface area (Å²) in [4.78, 5) is 2.00. The Balaban J connectivity index is 2.41. The van der Waals surface area contributed by atoms with Crippen molar-refractivity contribution in [3.8, 4) is 6.07 Å². The van der Waals surface area contributed by atoms with Gasteiger partial charge in [-0.2, -0.15) is 5.26 Å². The highest BCUT2D eigenvalue weighted by Crippen LogP contribution is 2.24. The van der Waals surface area contributed by atoms with Gasteiger partial charge >= 0.3 is 0 Å². The van der Waals surface area contributed by atoms with Crippen LogP contribution in [0.3, 0.4) is 0 Å². The molecule has 1 unspecified atom stereocenters. The molecule has 11 heavy (non-hydrogen) atoms. The average Bonchev–Trinajstić information content (AvgIpc) is 2.35. The van der Waals surface area contributed by atoms with Crippen LogP contribution in [-0.4, -0.2) is 34.6 Å². The van der Waals surface area contributed by atoms with Crippen molar-refractivity contribution < 1.29 is 4.39 Å². The van der Waals surface area contributed by atoms with Gasteiger partial charge in [0.05, 0.1) is 0 Å². The molecule has 1 aliphatic heterocycles. The monoisotopic (exact) mass is 268 g/mol. The molecule has 2 nitrogen and oxygen atoms in total. The highest BCUT2D eigenvalue weighted by Gasteiger charge is 2.37. The Morgan fingerprint density at radius 1 is 1.73 bits per heavy atom. The molecule has 0 amide bonds. The minimum Gasteiger partial charge on any atom is -0.298 e. The van der Waals surface area contributed by atoms with Gasteiger partial charge in [-0.3, -0.25) is 4.90 Å². The van der Waals surface area contributed by atoms with Gasteiger partial charge in [-0.15, -0.1) is 0 Å². The third-order valence-electron chi connectivity index (χ3n) is 1.90. The van der Waals surface area contributed by atoms with Gasteiger partial charge in [0, 0.05) is 30.5 Å². The summed E-state index contributed by atoms with van der Waals surface area (Å²) in [5.74, 6) is 0. The van der Waals surface area contributed by atoms with Crippen molar-refractivity contribution in [1.82, 2.24) is 4.90 Å². The van der Waals surface area contributed by atoms with Crippen LogP contribution in [0, 0.1) is 11.3 Å². The summed E-state index contributed by atoms with van der Waals surface area (Å²) in [5.41, 5.74) is -1.56. The van der Waals surface area contributed by atoms with Crippen LogP contribution in [0.25, 0.3) is 0 Å². The second-order valence-corrected chi connectivity index (χ2v) is 3.87. The van der Waals surface area contributed by atoms with Crippen LogP contribution in [-0.2, 0) is 0 Å². The minimum absolute atomic E-state index is 0.298. The Morgan fingerprint density at radius 2 is 2.45 bits per heavy atom. The van der Waals surface area contributed by atoms with Crippen molar-refractivity contribution in [3.63, 3.8) is 0 Å². The first kappa shape index (κ1) is 9.20. The Labute approximate surface area is 79.5 Å². The molecule has 1 aliphatic rings. The number of hydrogen-bond acceptors (Lipinski definition) is 2. The van der Waals surface area contributed by atoms with Crippen LogP contribution in [0.15, 0.2) is 0 Å². The Hall–Kier alpha value is 0.110. The van der Waals surface area contributed by atoms with E-state index in [1.165, 1.54) is 0 Å². The molecular formula is C7H10FIN2. The molecule has 0 spiro atoms. The molecule has 4 heteroatoms. The van der Waals surface area contributed by atoms with E-state index < -0.39 is 5.67 Å². The van der Waals surface area contributed by atoms with E-state index in [9.17, 15) is 4.39 Å². The van der Waals surface area contributed by atoms with Gasteiger partial charge < -0.3 is 0 Å². The number of alkyl halides is 2. The summed E-state index contributed by atoms with van der Waals surface area (Å²) in [6.45, 7) is 1.92. The van der Waals surface area contributed by atoms with Crippen LogP contribution in [0.1, 0.15) is 6.42 Å². The SMILES string of the molecule is N#CC1(F)CCN(CCI)C1. The van der Waals surface area contributed by atoms with E-state index in [2.05, 4.69) is 22.6 Å². The largest absolute Gasteiger partial charge is 0.298 e. The van der Waals surface area contributed by atoms with E-state index in [1.807, 2.05) is 4.90 Å². The fraction of sp³-hybridized carbons (Fsp3) is 0.857. The van der Waals surface area contributed by atoms with Crippen LogP contribution in [0.2, 0.25) is 0 Å². The zero-order valence-electron chi connectivity index (χ0n) is 6.19. The second-order valence-electron chi connectivity index (χ2n) is 2.79. The summed E-state index contributed by atoms with van der Waals surface area (Å²) >= 11 is 2.25. The van der Waals surface area contributed by atoms with E-state index in [1.54, 1.807) is 6.07 Å². The molecule has 0 saturated carbocycles. The zero-order chi connectivity index (χ0) is 8.32. The summed E-state index contributed by atoms with van der Waals surface area (Å²) in [7, 11) is 0. The summed E-state index contributed by atoms with van der Waals surface area (Å²) in [5, 5.41) is 8.46. The lowest BCUT2D eigenvalue weighted by molar-refractivity contribution is 0.234. The number of nitrogens with zero attached hydrogens (tertiary/aromatic N) is 2. The number of nitriles is 1. The predicted molar refractivity (Wildman–Crippen MR) is 49.4 cm³/mol. The van der Waals surface area contributed by atoms with Gasteiger partial charge in [0.15, 0.2) is 0 Å². The molecule has 1 atom stereocenters. The maximum atomic E-state index is 13.2. The predicted octanol–water partition coefficient (Wildman–Crippen LogP) is 1.36. The lowest BCUT2D eigenvalue weighted by atomic mass is 10.1. The number of halogens is 2. The van der Waals surface area contributed by atoms with Crippen LogP contribution >= 0.6 is 22.6 Å². The molecule has 1 saturated heterocycles. The van der Waals surface area contributed by atoms with Crippen LogP contribution in [0.4, 0.5) is 4.39 Å². The highest BCUT2D eigenvalue weighted by molar-refractivity contribution is 14.1. The lowest BCUT2D eigenvalue weighted by Crippen LogP contribution is -2.28. The highest BCUT2D eigenvalue weighted by atomic mass is 127. The van der Waals surface area contributed by atoms with Crippen molar-refractivity contribution in [2.24, 2.45) is 0 Å². The molecule has 0 aliphatic carbocycles. The maximum absolute atomic E-state index is 13.2. The van der Waals surface area contributed by atoms with Gasteiger partial charge in [-0.05, 0) is 0 Å². The molecule has 1 rings (SSSR count). The van der Waals surface area contributed by atoms with E-state index >= 15 is 0 Å². The van der Waals surface area contributed by atoms with Crippen molar-refractivity contribution >= 4 is 22.6 Å². The molecule has 0 N–H and O–H groups in total.